The van der Waals surface area contributed by atoms with E-state index in [2.05, 4.69) is 10.2 Å². The van der Waals surface area contributed by atoms with Gasteiger partial charge in [0.15, 0.2) is 0 Å². The minimum atomic E-state index is -3.80. The molecule has 0 bridgehead atoms. The number of aromatic amines is 1. The fourth-order valence-corrected chi connectivity index (χ4v) is 3.24. The molecule has 7 nitrogen and oxygen atoms in total. The van der Waals surface area contributed by atoms with E-state index < -0.39 is 16.0 Å². The largest absolute Gasteiger partial charge is 0.481 e. The van der Waals surface area contributed by atoms with Gasteiger partial charge in [-0.25, -0.2) is 13.6 Å². The molecule has 0 spiro atoms. The minimum absolute atomic E-state index is 0.0180. The number of nitrogens with two attached hydrogens (primary N) is 1. The first-order valence-corrected chi connectivity index (χ1v) is 9.36. The molecule has 0 saturated heterocycles. The number of nitrogens with zero attached hydrogens (tertiary/aromatic N) is 1. The number of aromatic nitrogens is 2. The minimum Gasteiger partial charge on any atom is -0.481 e. The van der Waals surface area contributed by atoms with Crippen molar-refractivity contribution in [1.82, 2.24) is 10.2 Å². The molecule has 1 aromatic heterocycles. The van der Waals surface area contributed by atoms with E-state index in [4.69, 9.17) is 21.8 Å². The Balaban J connectivity index is 2.14. The number of hydrogen-bond donors (Lipinski definition) is 3. The Labute approximate surface area is 154 Å². The molecule has 0 saturated carbocycles. The Morgan fingerprint density at radius 1 is 1.08 bits per heavy atom. The van der Waals surface area contributed by atoms with Crippen LogP contribution in [-0.2, 0) is 21.2 Å². The summed E-state index contributed by atoms with van der Waals surface area (Å²) in [7, 11) is -3.80. The second kappa shape index (κ2) is 6.91. The van der Waals surface area contributed by atoms with Gasteiger partial charge >= 0.3 is 5.97 Å². The van der Waals surface area contributed by atoms with Crippen LogP contribution in [0.1, 0.15) is 5.69 Å². The lowest BCUT2D eigenvalue weighted by molar-refractivity contribution is -0.136. The van der Waals surface area contributed by atoms with E-state index in [1.807, 2.05) is 0 Å². The molecule has 3 aromatic rings. The standard InChI is InChI=1S/C17H14ClN3O4S/c18-12-5-1-10(2-6-12)16-14(9-15(22)23)20-21-17(16)11-3-7-13(8-4-11)26(19,24)25/h1-8H,9H2,(H,20,21)(H,22,23)(H2,19,24,25). The molecule has 2 aromatic carbocycles. The lowest BCUT2D eigenvalue weighted by atomic mass is 9.98. The van der Waals surface area contributed by atoms with E-state index in [1.165, 1.54) is 12.1 Å². The maximum absolute atomic E-state index is 11.4. The molecule has 1 heterocycles. The molecule has 4 N–H and O–H groups in total. The van der Waals surface area contributed by atoms with Gasteiger partial charge in [0.1, 0.15) is 5.69 Å². The van der Waals surface area contributed by atoms with Crippen molar-refractivity contribution in [2.75, 3.05) is 0 Å². The Kier molecular flexibility index (Phi) is 4.82. The number of halogens is 1. The second-order valence-electron chi connectivity index (χ2n) is 5.57. The van der Waals surface area contributed by atoms with Crippen LogP contribution in [0.3, 0.4) is 0 Å². The van der Waals surface area contributed by atoms with Gasteiger partial charge in [0, 0.05) is 16.1 Å². The molecule has 0 amide bonds. The number of carboxylic acids is 1. The molecule has 0 aliphatic carbocycles. The zero-order valence-corrected chi connectivity index (χ0v) is 14.9. The van der Waals surface area contributed by atoms with Crippen LogP contribution in [0.4, 0.5) is 0 Å². The summed E-state index contributed by atoms with van der Waals surface area (Å²) in [5.41, 5.74) is 2.92. The third-order valence-electron chi connectivity index (χ3n) is 3.76. The summed E-state index contributed by atoms with van der Waals surface area (Å²) in [4.78, 5) is 11.1. The van der Waals surface area contributed by atoms with Crippen LogP contribution in [0, 0.1) is 0 Å². The summed E-state index contributed by atoms with van der Waals surface area (Å²) >= 11 is 5.93. The van der Waals surface area contributed by atoms with Crippen LogP contribution in [0.15, 0.2) is 53.4 Å². The van der Waals surface area contributed by atoms with Crippen molar-refractivity contribution < 1.29 is 18.3 Å². The monoisotopic (exact) mass is 391 g/mol. The van der Waals surface area contributed by atoms with Crippen molar-refractivity contribution in [2.24, 2.45) is 5.14 Å². The number of nitrogens with one attached hydrogen (secondary N) is 1. The van der Waals surface area contributed by atoms with Crippen molar-refractivity contribution in [3.63, 3.8) is 0 Å². The summed E-state index contributed by atoms with van der Waals surface area (Å²) in [6.45, 7) is 0. The van der Waals surface area contributed by atoms with Gasteiger partial charge in [0.2, 0.25) is 10.0 Å². The summed E-state index contributed by atoms with van der Waals surface area (Å²) < 4.78 is 22.8. The Bertz CT molecular complexity index is 1060. The number of aliphatic carboxylic acids is 1. The van der Waals surface area contributed by atoms with Crippen molar-refractivity contribution in [1.29, 1.82) is 0 Å². The summed E-state index contributed by atoms with van der Waals surface area (Å²) in [6.07, 6.45) is -0.236. The van der Waals surface area contributed by atoms with Crippen LogP contribution < -0.4 is 5.14 Å². The Morgan fingerprint density at radius 2 is 1.65 bits per heavy atom. The quantitative estimate of drug-likeness (QED) is 0.616. The molecule has 9 heteroatoms. The van der Waals surface area contributed by atoms with Crippen molar-refractivity contribution >= 4 is 27.6 Å². The molecule has 134 valence electrons. The maximum atomic E-state index is 11.4. The van der Waals surface area contributed by atoms with Crippen LogP contribution >= 0.6 is 11.6 Å². The number of primary sulfonamides is 1. The highest BCUT2D eigenvalue weighted by Crippen LogP contribution is 2.34. The summed E-state index contributed by atoms with van der Waals surface area (Å²) in [5.74, 6) is -1.00. The topological polar surface area (TPSA) is 126 Å². The lowest BCUT2D eigenvalue weighted by Gasteiger charge is -2.07. The molecule has 0 unspecified atom stereocenters. The van der Waals surface area contributed by atoms with Gasteiger partial charge in [-0.2, -0.15) is 5.10 Å². The zero-order valence-electron chi connectivity index (χ0n) is 13.3. The lowest BCUT2D eigenvalue weighted by Crippen LogP contribution is -2.11. The van der Waals surface area contributed by atoms with Gasteiger partial charge in [-0.3, -0.25) is 9.89 Å². The zero-order chi connectivity index (χ0) is 18.9. The van der Waals surface area contributed by atoms with Gasteiger partial charge < -0.3 is 5.11 Å². The van der Waals surface area contributed by atoms with Crippen LogP contribution in [0.5, 0.6) is 0 Å². The molecule has 3 rings (SSSR count). The van der Waals surface area contributed by atoms with E-state index in [0.717, 1.165) is 5.56 Å². The molecule has 0 atom stereocenters. The summed E-state index contributed by atoms with van der Waals surface area (Å²) in [5, 5.41) is 21.8. The van der Waals surface area contributed by atoms with Gasteiger partial charge in [0.05, 0.1) is 17.0 Å². The highest BCUT2D eigenvalue weighted by atomic mass is 35.5. The molecular weight excluding hydrogens is 378 g/mol. The SMILES string of the molecule is NS(=O)(=O)c1ccc(-c2n[nH]c(CC(=O)O)c2-c2ccc(Cl)cc2)cc1. The molecular formula is C17H14ClN3O4S. The number of benzene rings is 2. The number of rotatable bonds is 5. The predicted octanol–water partition coefficient (Wildman–Crippen LogP) is 2.67. The van der Waals surface area contributed by atoms with Gasteiger partial charge in [-0.05, 0) is 29.8 Å². The van der Waals surface area contributed by atoms with Gasteiger partial charge in [-0.15, -0.1) is 0 Å². The number of sulfonamides is 1. The molecule has 0 radical (unpaired) electrons. The maximum Gasteiger partial charge on any atom is 0.309 e. The number of hydrogen-bond acceptors (Lipinski definition) is 4. The van der Waals surface area contributed by atoms with E-state index >= 15 is 0 Å². The fourth-order valence-electron chi connectivity index (χ4n) is 2.60. The highest BCUT2D eigenvalue weighted by molar-refractivity contribution is 7.89. The predicted molar refractivity (Wildman–Crippen MR) is 97.2 cm³/mol. The third-order valence-corrected chi connectivity index (χ3v) is 4.94. The van der Waals surface area contributed by atoms with E-state index in [9.17, 15) is 13.2 Å². The highest BCUT2D eigenvalue weighted by Gasteiger charge is 2.19. The third kappa shape index (κ3) is 3.77. The molecule has 0 aliphatic rings. The Hall–Kier alpha value is -2.68. The molecule has 0 aliphatic heterocycles. The average molecular weight is 392 g/mol. The first kappa shape index (κ1) is 18.1. The van der Waals surface area contributed by atoms with E-state index in [-0.39, 0.29) is 11.3 Å². The van der Waals surface area contributed by atoms with Gasteiger partial charge in [-0.1, -0.05) is 35.9 Å². The number of carbonyl (C=O) groups is 1. The van der Waals surface area contributed by atoms with E-state index in [1.54, 1.807) is 36.4 Å². The first-order chi connectivity index (χ1) is 12.3. The first-order valence-electron chi connectivity index (χ1n) is 7.44. The molecule has 26 heavy (non-hydrogen) atoms. The number of carboxylic acid groups (broad SMARTS) is 1. The fraction of sp³-hybridized carbons (Fsp3) is 0.0588. The second-order valence-corrected chi connectivity index (χ2v) is 7.57. The Morgan fingerprint density at radius 3 is 2.19 bits per heavy atom. The van der Waals surface area contributed by atoms with Crippen molar-refractivity contribution in [2.45, 2.75) is 11.3 Å². The summed E-state index contributed by atoms with van der Waals surface area (Å²) in [6, 6.07) is 12.8. The van der Waals surface area contributed by atoms with Crippen LogP contribution in [0.2, 0.25) is 5.02 Å². The number of H-pyrrole nitrogens is 1. The van der Waals surface area contributed by atoms with Crippen LogP contribution in [0.25, 0.3) is 22.4 Å². The van der Waals surface area contributed by atoms with Crippen molar-refractivity contribution in [3.8, 4) is 22.4 Å². The average Bonchev–Trinajstić information content (AvgIpc) is 2.98. The normalized spacial score (nSPS) is 11.5. The molecule has 0 fully saturated rings. The van der Waals surface area contributed by atoms with Crippen LogP contribution in [-0.4, -0.2) is 29.7 Å². The van der Waals surface area contributed by atoms with Crippen molar-refractivity contribution in [3.05, 3.63) is 59.2 Å². The van der Waals surface area contributed by atoms with E-state index in [0.29, 0.717) is 27.5 Å². The van der Waals surface area contributed by atoms with Gasteiger partial charge in [0.25, 0.3) is 0 Å². The smallest absolute Gasteiger partial charge is 0.309 e.